The number of nitrogens with zero attached hydrogens (tertiary/aromatic N) is 4. The van der Waals surface area contributed by atoms with Gasteiger partial charge in [0, 0.05) is 5.56 Å². The maximum Gasteiger partial charge on any atom is 0.413 e. The van der Waals surface area contributed by atoms with Gasteiger partial charge in [-0.2, -0.15) is 8.42 Å². The fourth-order valence-electron chi connectivity index (χ4n) is 4.15. The molecule has 15 heteroatoms. The topological polar surface area (TPSA) is 179 Å². The van der Waals surface area contributed by atoms with Crippen molar-refractivity contribution in [3.63, 3.8) is 0 Å². The summed E-state index contributed by atoms with van der Waals surface area (Å²) < 4.78 is 52.9. The number of amides is 1. The summed E-state index contributed by atoms with van der Waals surface area (Å²) in [4.78, 5) is 25.1. The Balaban J connectivity index is 1.44. The molecule has 14 nitrogen and oxygen atoms in total. The number of fused-ring (bicyclic) bond motifs is 2. The number of aromatic nitrogens is 4. The Morgan fingerprint density at radius 1 is 1.11 bits per heavy atom. The summed E-state index contributed by atoms with van der Waals surface area (Å²) in [6.07, 6.45) is -1.69. The van der Waals surface area contributed by atoms with Crippen molar-refractivity contribution >= 4 is 33.4 Å². The van der Waals surface area contributed by atoms with Crippen LogP contribution >= 0.6 is 0 Å². The minimum Gasteiger partial charge on any atom is -0.444 e. The molecule has 5 atom stereocenters. The van der Waals surface area contributed by atoms with E-state index >= 15 is 0 Å². The van der Waals surface area contributed by atoms with Crippen molar-refractivity contribution in [3.05, 3.63) is 48.5 Å². The molecule has 2 aromatic heterocycles. The predicted molar refractivity (Wildman–Crippen MR) is 127 cm³/mol. The molecule has 1 aromatic carbocycles. The highest BCUT2D eigenvalue weighted by Gasteiger charge is 2.54. The standard InChI is InChI=1S/C22H26N6O8S/c1-22(2,3)36-21(29)27-17-14-18(25-10-24-17)28(11-26-14)19-16-15(13(33-19)9-32-37(23,30)31)34-20(35-16)12-7-5-4-6-8-12/h4-8,10-11,13,15-16,19-20H,9H2,1-3H3,(H2,23,30,31)(H,24,25,27,29)/t13-,15?,16?,19-,20?/m0/s1. The Bertz CT molecular complexity index is 1390. The van der Waals surface area contributed by atoms with Gasteiger partial charge in [-0.1, -0.05) is 30.3 Å². The molecule has 3 unspecified atom stereocenters. The van der Waals surface area contributed by atoms with E-state index in [-0.39, 0.29) is 17.9 Å². The first-order valence-electron chi connectivity index (χ1n) is 11.3. The average Bonchev–Trinajstić information content (AvgIpc) is 3.51. The quantitative estimate of drug-likeness (QED) is 0.471. The normalized spacial score (nSPS) is 25.8. The van der Waals surface area contributed by atoms with Gasteiger partial charge in [-0.15, -0.1) is 0 Å². The van der Waals surface area contributed by atoms with Gasteiger partial charge in [-0.05, 0) is 20.8 Å². The highest BCUT2D eigenvalue weighted by atomic mass is 32.2. The Morgan fingerprint density at radius 3 is 2.54 bits per heavy atom. The van der Waals surface area contributed by atoms with E-state index in [4.69, 9.17) is 28.3 Å². The van der Waals surface area contributed by atoms with E-state index in [9.17, 15) is 13.2 Å². The van der Waals surface area contributed by atoms with Gasteiger partial charge in [-0.25, -0.2) is 24.9 Å². The fraction of sp³-hybridized carbons (Fsp3) is 0.455. The molecule has 2 fully saturated rings. The van der Waals surface area contributed by atoms with Crippen molar-refractivity contribution < 1.29 is 36.3 Å². The summed E-state index contributed by atoms with van der Waals surface area (Å²) in [5.41, 5.74) is 0.704. The van der Waals surface area contributed by atoms with Crippen molar-refractivity contribution in [1.82, 2.24) is 19.5 Å². The van der Waals surface area contributed by atoms with Gasteiger partial charge >= 0.3 is 16.4 Å². The first kappa shape index (κ1) is 25.4. The molecule has 2 aliphatic rings. The van der Waals surface area contributed by atoms with Crippen LogP contribution in [-0.2, 0) is 33.4 Å². The van der Waals surface area contributed by atoms with E-state index in [1.165, 1.54) is 12.7 Å². The SMILES string of the molecule is CC(C)(C)OC(=O)Nc1ncnc2c1ncn2[C@H]1O[C@@H](COS(N)(=O)=O)C2OC(c3ccccc3)OC21. The van der Waals surface area contributed by atoms with Crippen LogP contribution in [0.3, 0.4) is 0 Å². The van der Waals surface area contributed by atoms with Crippen LogP contribution < -0.4 is 10.5 Å². The average molecular weight is 535 g/mol. The molecule has 5 rings (SSSR count). The lowest BCUT2D eigenvalue weighted by molar-refractivity contribution is -0.151. The third-order valence-corrected chi connectivity index (χ3v) is 6.03. The van der Waals surface area contributed by atoms with Crippen molar-refractivity contribution in [2.45, 2.75) is 57.2 Å². The molecule has 3 N–H and O–H groups in total. The molecule has 0 radical (unpaired) electrons. The minimum absolute atomic E-state index is 0.146. The van der Waals surface area contributed by atoms with Gasteiger partial charge in [0.1, 0.15) is 30.2 Å². The zero-order valence-electron chi connectivity index (χ0n) is 20.2. The summed E-state index contributed by atoms with van der Waals surface area (Å²) in [5, 5.41) is 7.59. The maximum absolute atomic E-state index is 12.3. The number of rotatable bonds is 6. The smallest absolute Gasteiger partial charge is 0.413 e. The van der Waals surface area contributed by atoms with Gasteiger partial charge in [0.05, 0.1) is 12.9 Å². The van der Waals surface area contributed by atoms with Crippen LogP contribution in [0.2, 0.25) is 0 Å². The van der Waals surface area contributed by atoms with Crippen molar-refractivity contribution in [2.75, 3.05) is 11.9 Å². The molecular weight excluding hydrogens is 508 g/mol. The second-order valence-corrected chi connectivity index (χ2v) is 10.7. The first-order valence-corrected chi connectivity index (χ1v) is 12.8. The highest BCUT2D eigenvalue weighted by Crippen LogP contribution is 2.45. The van der Waals surface area contributed by atoms with Crippen LogP contribution in [0.15, 0.2) is 43.0 Å². The number of imidazole rings is 1. The van der Waals surface area contributed by atoms with Gasteiger partial charge in [-0.3, -0.25) is 14.1 Å². The molecular formula is C22H26N6O8S. The van der Waals surface area contributed by atoms with Crippen molar-refractivity contribution in [2.24, 2.45) is 5.14 Å². The number of ether oxygens (including phenoxy) is 4. The van der Waals surface area contributed by atoms with Crippen LogP contribution in [0, 0.1) is 0 Å². The number of anilines is 1. The van der Waals surface area contributed by atoms with Crippen LogP contribution in [-0.4, -0.2) is 64.5 Å². The number of carbonyl (C=O) groups is 1. The molecule has 198 valence electrons. The summed E-state index contributed by atoms with van der Waals surface area (Å²) >= 11 is 0. The number of benzene rings is 1. The third kappa shape index (κ3) is 5.56. The molecule has 0 spiro atoms. The van der Waals surface area contributed by atoms with E-state index in [1.54, 1.807) is 25.3 Å². The Kier molecular flexibility index (Phi) is 6.59. The molecule has 1 amide bonds. The Morgan fingerprint density at radius 2 is 1.84 bits per heavy atom. The van der Waals surface area contributed by atoms with E-state index in [0.29, 0.717) is 5.65 Å². The van der Waals surface area contributed by atoms with Crippen molar-refractivity contribution in [1.29, 1.82) is 0 Å². The molecule has 2 aliphatic heterocycles. The molecule has 2 saturated heterocycles. The molecule has 3 aromatic rings. The fourth-order valence-corrected chi connectivity index (χ4v) is 4.48. The summed E-state index contributed by atoms with van der Waals surface area (Å²) in [6.45, 7) is 4.85. The monoisotopic (exact) mass is 534 g/mol. The zero-order valence-corrected chi connectivity index (χ0v) is 21.0. The first-order chi connectivity index (χ1) is 17.5. The van der Waals surface area contributed by atoms with E-state index in [0.717, 1.165) is 5.56 Å². The maximum atomic E-state index is 12.3. The lowest BCUT2D eigenvalue weighted by Gasteiger charge is -2.21. The third-order valence-electron chi connectivity index (χ3n) is 5.57. The largest absolute Gasteiger partial charge is 0.444 e. The second-order valence-electron chi connectivity index (χ2n) is 9.46. The number of carbonyl (C=O) groups excluding carboxylic acids is 1. The van der Waals surface area contributed by atoms with Crippen LogP contribution in [0.25, 0.3) is 11.2 Å². The van der Waals surface area contributed by atoms with E-state index < -0.39 is 52.8 Å². The van der Waals surface area contributed by atoms with Gasteiger partial charge in [0.15, 0.2) is 29.5 Å². The van der Waals surface area contributed by atoms with Gasteiger partial charge in [0.25, 0.3) is 0 Å². The van der Waals surface area contributed by atoms with Crippen LogP contribution in [0.4, 0.5) is 10.6 Å². The molecule has 0 bridgehead atoms. The van der Waals surface area contributed by atoms with Crippen LogP contribution in [0.5, 0.6) is 0 Å². The lowest BCUT2D eigenvalue weighted by atomic mass is 10.1. The molecule has 4 heterocycles. The Hall–Kier alpha value is -3.21. The van der Waals surface area contributed by atoms with Crippen LogP contribution in [0.1, 0.15) is 38.9 Å². The summed E-state index contributed by atoms with van der Waals surface area (Å²) in [5.74, 6) is 0.146. The van der Waals surface area contributed by atoms with Crippen molar-refractivity contribution in [3.8, 4) is 0 Å². The molecule has 37 heavy (non-hydrogen) atoms. The van der Waals surface area contributed by atoms with E-state index in [2.05, 4.69) is 20.3 Å². The lowest BCUT2D eigenvalue weighted by Crippen LogP contribution is -2.33. The Labute approximate surface area is 212 Å². The number of nitrogens with two attached hydrogens (primary N) is 1. The zero-order chi connectivity index (χ0) is 26.4. The molecule has 0 saturated carbocycles. The van der Waals surface area contributed by atoms with Gasteiger partial charge < -0.3 is 18.9 Å². The number of nitrogens with one attached hydrogen (secondary N) is 1. The van der Waals surface area contributed by atoms with Gasteiger partial charge in [0.2, 0.25) is 0 Å². The number of hydrogen-bond acceptors (Lipinski definition) is 11. The summed E-state index contributed by atoms with van der Waals surface area (Å²) in [6, 6.07) is 9.28. The predicted octanol–water partition coefficient (Wildman–Crippen LogP) is 1.77. The summed E-state index contributed by atoms with van der Waals surface area (Å²) in [7, 11) is -4.21. The highest BCUT2D eigenvalue weighted by molar-refractivity contribution is 7.84. The second kappa shape index (κ2) is 9.59. The minimum atomic E-state index is -4.21. The molecule has 0 aliphatic carbocycles. The van der Waals surface area contributed by atoms with E-state index in [1.807, 2.05) is 30.3 Å². The number of hydrogen-bond donors (Lipinski definition) is 2.